The minimum absolute atomic E-state index is 0.185. The van der Waals surface area contributed by atoms with Crippen LogP contribution < -0.4 is 5.73 Å². The minimum atomic E-state index is -0.735. The van der Waals surface area contributed by atoms with Gasteiger partial charge in [-0.15, -0.1) is 8.58 Å². The average Bonchev–Trinajstić information content (AvgIpc) is 1.97. The Kier molecular flexibility index (Phi) is 6.31. The smallest absolute Gasteiger partial charge is 0.304 e. The third-order valence-electron chi connectivity index (χ3n) is 1.52. The second-order valence-corrected chi connectivity index (χ2v) is 4.97. The van der Waals surface area contributed by atoms with Crippen molar-refractivity contribution < 1.29 is 9.90 Å². The molecule has 0 aromatic carbocycles. The van der Waals surface area contributed by atoms with Crippen molar-refractivity contribution in [2.75, 3.05) is 12.7 Å². The number of carboxylic acid groups (broad SMARTS) is 1. The van der Waals surface area contributed by atoms with E-state index >= 15 is 0 Å². The summed E-state index contributed by atoms with van der Waals surface area (Å²) in [4.78, 5) is 10.4. The third-order valence-corrected chi connectivity index (χ3v) is 3.59. The Balaban J connectivity index is 3.60. The highest BCUT2D eigenvalue weighted by molar-refractivity contribution is 7.39. The monoisotopic (exact) mass is 191 g/mol. The lowest BCUT2D eigenvalue weighted by molar-refractivity contribution is -0.136. The van der Waals surface area contributed by atoms with Crippen LogP contribution >= 0.6 is 8.58 Å². The number of nitrogens with two attached hydrogens (primary N) is 1. The van der Waals surface area contributed by atoms with Gasteiger partial charge in [0.15, 0.2) is 0 Å². The Labute approximate surface area is 75.5 Å². The number of hydrogen-bond donors (Lipinski definition) is 2. The van der Waals surface area contributed by atoms with Crippen molar-refractivity contribution in [3.05, 3.63) is 0 Å². The minimum Gasteiger partial charge on any atom is -0.481 e. The molecule has 0 aliphatic carbocycles. The van der Waals surface area contributed by atoms with Crippen molar-refractivity contribution in [2.24, 2.45) is 11.7 Å². The predicted molar refractivity (Wildman–Crippen MR) is 53.1 cm³/mol. The fourth-order valence-corrected chi connectivity index (χ4v) is 2.14. The van der Waals surface area contributed by atoms with E-state index in [9.17, 15) is 4.79 Å². The van der Waals surface area contributed by atoms with Gasteiger partial charge in [-0.3, -0.25) is 4.79 Å². The highest BCUT2D eigenvalue weighted by Gasteiger charge is 2.11. The van der Waals surface area contributed by atoms with Crippen LogP contribution in [0.2, 0.25) is 0 Å². The summed E-state index contributed by atoms with van der Waals surface area (Å²) in [5.41, 5.74) is 5.64. The molecule has 3 nitrogen and oxygen atoms in total. The molecule has 0 aliphatic rings. The molecule has 2 atom stereocenters. The first-order chi connectivity index (χ1) is 5.56. The molecule has 0 aromatic rings. The molecule has 0 saturated heterocycles. The molecule has 72 valence electrons. The Morgan fingerprint density at radius 3 is 2.50 bits per heavy atom. The van der Waals surface area contributed by atoms with E-state index in [-0.39, 0.29) is 12.1 Å². The lowest BCUT2D eigenvalue weighted by Gasteiger charge is -2.13. The largest absolute Gasteiger partial charge is 0.481 e. The SMILES string of the molecule is CC(C)CP[C@H](CN)CC(=O)O. The normalized spacial score (nSPS) is 14.3. The lowest BCUT2D eigenvalue weighted by Crippen LogP contribution is -2.20. The molecule has 4 heteroatoms. The first kappa shape index (κ1) is 11.9. The van der Waals surface area contributed by atoms with Gasteiger partial charge in [0, 0.05) is 0 Å². The van der Waals surface area contributed by atoms with Crippen LogP contribution in [0.1, 0.15) is 20.3 Å². The van der Waals surface area contributed by atoms with Crippen molar-refractivity contribution in [1.29, 1.82) is 0 Å². The molecular formula is C8H18NO2P. The zero-order valence-corrected chi connectivity index (χ0v) is 8.71. The van der Waals surface area contributed by atoms with Crippen LogP contribution in [0.25, 0.3) is 0 Å². The van der Waals surface area contributed by atoms with Gasteiger partial charge in [-0.2, -0.15) is 0 Å². The molecule has 1 unspecified atom stereocenters. The van der Waals surface area contributed by atoms with Crippen molar-refractivity contribution in [1.82, 2.24) is 0 Å². The van der Waals surface area contributed by atoms with Crippen molar-refractivity contribution in [3.8, 4) is 0 Å². The van der Waals surface area contributed by atoms with Crippen molar-refractivity contribution in [3.63, 3.8) is 0 Å². The highest BCUT2D eigenvalue weighted by atomic mass is 31.1. The molecule has 0 amide bonds. The van der Waals surface area contributed by atoms with Crippen LogP contribution in [-0.2, 0) is 4.79 Å². The molecule has 0 fully saturated rings. The van der Waals surface area contributed by atoms with Gasteiger partial charge in [0.1, 0.15) is 0 Å². The number of carbonyl (C=O) groups is 1. The second kappa shape index (κ2) is 6.38. The molecule has 12 heavy (non-hydrogen) atoms. The Hall–Kier alpha value is -0.140. The van der Waals surface area contributed by atoms with Gasteiger partial charge < -0.3 is 10.8 Å². The summed E-state index contributed by atoms with van der Waals surface area (Å²) in [6, 6.07) is 0. The second-order valence-electron chi connectivity index (χ2n) is 3.33. The van der Waals surface area contributed by atoms with Gasteiger partial charge in [0.25, 0.3) is 0 Å². The molecule has 3 N–H and O–H groups in total. The quantitative estimate of drug-likeness (QED) is 0.618. The molecule has 0 aliphatic heterocycles. The fourth-order valence-electron chi connectivity index (χ4n) is 0.852. The van der Waals surface area contributed by atoms with Gasteiger partial charge in [0.05, 0.1) is 6.42 Å². The van der Waals surface area contributed by atoms with Crippen LogP contribution in [-0.4, -0.2) is 29.4 Å². The fraction of sp³-hybridized carbons (Fsp3) is 0.875. The summed E-state index contributed by atoms with van der Waals surface area (Å²) in [5.74, 6) is -0.0899. The molecule has 0 spiro atoms. The average molecular weight is 191 g/mol. The number of rotatable bonds is 6. The van der Waals surface area contributed by atoms with Crippen LogP contribution in [0.4, 0.5) is 0 Å². The molecule has 0 rings (SSSR count). The summed E-state index contributed by atoms with van der Waals surface area (Å²) in [6.07, 6.45) is 1.32. The van der Waals surface area contributed by atoms with Crippen LogP contribution in [0, 0.1) is 5.92 Å². The van der Waals surface area contributed by atoms with E-state index in [1.165, 1.54) is 0 Å². The van der Waals surface area contributed by atoms with Gasteiger partial charge in [-0.05, 0) is 24.3 Å². The summed E-state index contributed by atoms with van der Waals surface area (Å²) in [7, 11) is 0.691. The zero-order chi connectivity index (χ0) is 9.56. The van der Waals surface area contributed by atoms with Gasteiger partial charge in [-0.1, -0.05) is 13.8 Å². The summed E-state index contributed by atoms with van der Waals surface area (Å²) >= 11 is 0. The van der Waals surface area contributed by atoms with Gasteiger partial charge >= 0.3 is 5.97 Å². The summed E-state index contributed by atoms with van der Waals surface area (Å²) < 4.78 is 0. The van der Waals surface area contributed by atoms with E-state index in [0.29, 0.717) is 21.0 Å². The Morgan fingerprint density at radius 1 is 1.58 bits per heavy atom. The summed E-state index contributed by atoms with van der Waals surface area (Å²) in [6.45, 7) is 4.78. The number of aliphatic carboxylic acids is 1. The van der Waals surface area contributed by atoms with Crippen LogP contribution in [0.3, 0.4) is 0 Å². The lowest BCUT2D eigenvalue weighted by atomic mass is 10.3. The topological polar surface area (TPSA) is 63.3 Å². The maximum absolute atomic E-state index is 10.4. The van der Waals surface area contributed by atoms with Gasteiger partial charge in [-0.25, -0.2) is 0 Å². The summed E-state index contributed by atoms with van der Waals surface area (Å²) in [5, 5.41) is 8.53. The number of hydrogen-bond acceptors (Lipinski definition) is 2. The first-order valence-electron chi connectivity index (χ1n) is 4.21. The molecule has 0 saturated carbocycles. The van der Waals surface area contributed by atoms with Crippen molar-refractivity contribution >= 4 is 14.6 Å². The van der Waals surface area contributed by atoms with E-state index in [1.54, 1.807) is 0 Å². The standard InChI is InChI=1S/C8H18NO2P/c1-6(2)5-12-7(4-9)3-8(10)11/h6-7,12H,3-5,9H2,1-2H3,(H,10,11)/t7-/m0/s1. The predicted octanol–water partition coefficient (Wildman–Crippen LogP) is 1.12. The Morgan fingerprint density at radius 2 is 2.17 bits per heavy atom. The van der Waals surface area contributed by atoms with E-state index in [1.807, 2.05) is 0 Å². The maximum Gasteiger partial charge on any atom is 0.304 e. The van der Waals surface area contributed by atoms with E-state index in [2.05, 4.69) is 13.8 Å². The van der Waals surface area contributed by atoms with Gasteiger partial charge in [0.2, 0.25) is 0 Å². The molecular weight excluding hydrogens is 173 g/mol. The Bertz CT molecular complexity index is 139. The van der Waals surface area contributed by atoms with E-state index in [4.69, 9.17) is 10.8 Å². The first-order valence-corrected chi connectivity index (χ1v) is 5.50. The van der Waals surface area contributed by atoms with E-state index < -0.39 is 5.97 Å². The van der Waals surface area contributed by atoms with E-state index in [0.717, 1.165) is 6.16 Å². The zero-order valence-electron chi connectivity index (χ0n) is 7.71. The third kappa shape index (κ3) is 6.56. The van der Waals surface area contributed by atoms with Crippen molar-refractivity contribution in [2.45, 2.75) is 25.9 Å². The van der Waals surface area contributed by atoms with Crippen LogP contribution in [0.15, 0.2) is 0 Å². The number of carboxylic acids is 1. The molecule has 0 heterocycles. The molecule has 0 radical (unpaired) electrons. The molecule has 0 bridgehead atoms. The van der Waals surface area contributed by atoms with Crippen LogP contribution in [0.5, 0.6) is 0 Å². The maximum atomic E-state index is 10.4. The molecule has 0 aromatic heterocycles. The highest BCUT2D eigenvalue weighted by Crippen LogP contribution is 2.23.